The number of hydrogen-bond donors (Lipinski definition) is 0. The number of anilines is 1. The lowest BCUT2D eigenvalue weighted by atomic mass is 10.1. The Morgan fingerprint density at radius 1 is 1.00 bits per heavy atom. The second-order valence-electron chi connectivity index (χ2n) is 7.55. The van der Waals surface area contributed by atoms with Crippen LogP contribution in [0.5, 0.6) is 0 Å². The Bertz CT molecular complexity index is 1100. The van der Waals surface area contributed by atoms with Gasteiger partial charge in [-0.15, -0.1) is 0 Å². The van der Waals surface area contributed by atoms with Crippen LogP contribution in [-0.4, -0.2) is 47.1 Å². The van der Waals surface area contributed by atoms with Crippen molar-refractivity contribution in [2.45, 2.75) is 20.0 Å². The maximum Gasteiger partial charge on any atom is 0.471 e. The second kappa shape index (κ2) is 8.05. The molecule has 162 valence electrons. The molecule has 1 saturated heterocycles. The summed E-state index contributed by atoms with van der Waals surface area (Å²) in [4.78, 5) is 20.3. The first-order valence-electron chi connectivity index (χ1n) is 9.85. The normalized spacial score (nSPS) is 14.7. The van der Waals surface area contributed by atoms with E-state index in [2.05, 4.69) is 51.6 Å². The zero-order chi connectivity index (χ0) is 22.2. The minimum atomic E-state index is -4.71. The summed E-state index contributed by atoms with van der Waals surface area (Å²) in [5.41, 5.74) is 4.26. The zero-order valence-electron chi connectivity index (χ0n) is 17.1. The van der Waals surface area contributed by atoms with E-state index < -0.39 is 12.1 Å². The molecule has 9 heteroatoms. The minimum Gasteiger partial charge on any atom is -0.368 e. The van der Waals surface area contributed by atoms with Crippen molar-refractivity contribution < 1.29 is 22.5 Å². The summed E-state index contributed by atoms with van der Waals surface area (Å²) < 4.78 is 42.4. The highest BCUT2D eigenvalue weighted by Crippen LogP contribution is 2.29. The van der Waals surface area contributed by atoms with Gasteiger partial charge < -0.3 is 14.3 Å². The number of benzene rings is 2. The van der Waals surface area contributed by atoms with E-state index in [1.807, 2.05) is 0 Å². The van der Waals surface area contributed by atoms with Gasteiger partial charge in [0, 0.05) is 43.0 Å². The van der Waals surface area contributed by atoms with E-state index in [4.69, 9.17) is 0 Å². The fraction of sp³-hybridized carbons (Fsp3) is 0.318. The molecule has 0 aliphatic carbocycles. The van der Waals surface area contributed by atoms with Crippen LogP contribution in [0.4, 0.5) is 18.9 Å². The van der Waals surface area contributed by atoms with E-state index in [0.717, 1.165) is 5.69 Å². The summed E-state index contributed by atoms with van der Waals surface area (Å²) in [6.07, 6.45) is -4.71. The molecule has 31 heavy (non-hydrogen) atoms. The van der Waals surface area contributed by atoms with Crippen LogP contribution in [0, 0.1) is 13.8 Å². The fourth-order valence-corrected chi connectivity index (χ4v) is 3.52. The molecule has 1 aromatic heterocycles. The fourth-order valence-electron chi connectivity index (χ4n) is 3.52. The number of carbonyl (C=O) groups is 1. The van der Waals surface area contributed by atoms with Gasteiger partial charge in [-0.1, -0.05) is 23.4 Å². The molecule has 1 amide bonds. The molecule has 1 aliphatic heterocycles. The van der Waals surface area contributed by atoms with Crippen LogP contribution in [0.1, 0.15) is 27.4 Å². The van der Waals surface area contributed by atoms with Gasteiger partial charge in [0.05, 0.1) is 0 Å². The zero-order valence-corrected chi connectivity index (χ0v) is 17.1. The maximum absolute atomic E-state index is 13.0. The number of aryl methyl sites for hydroxylation is 2. The lowest BCUT2D eigenvalue weighted by Crippen LogP contribution is -2.48. The van der Waals surface area contributed by atoms with Crippen LogP contribution >= 0.6 is 0 Å². The first kappa shape index (κ1) is 20.9. The number of piperazine rings is 1. The molecule has 0 N–H and O–H groups in total. The summed E-state index contributed by atoms with van der Waals surface area (Å²) >= 11 is 0. The third-order valence-electron chi connectivity index (χ3n) is 5.46. The summed E-state index contributed by atoms with van der Waals surface area (Å²) in [5, 5.41) is 3.38. The highest BCUT2D eigenvalue weighted by molar-refractivity contribution is 5.95. The molecule has 3 aromatic rings. The van der Waals surface area contributed by atoms with E-state index in [1.54, 1.807) is 23.1 Å². The van der Waals surface area contributed by atoms with Gasteiger partial charge in [-0.3, -0.25) is 4.79 Å². The van der Waals surface area contributed by atoms with Crippen molar-refractivity contribution in [3.63, 3.8) is 0 Å². The van der Waals surface area contributed by atoms with Crippen LogP contribution in [0.2, 0.25) is 0 Å². The summed E-state index contributed by atoms with van der Waals surface area (Å²) in [5.74, 6) is -1.80. The molecule has 0 spiro atoms. The van der Waals surface area contributed by atoms with Gasteiger partial charge in [-0.05, 0) is 49.2 Å². The Balaban J connectivity index is 1.45. The number of amides is 1. The molecule has 0 unspecified atom stereocenters. The Kier molecular flexibility index (Phi) is 5.43. The number of alkyl halides is 3. The quantitative estimate of drug-likeness (QED) is 0.619. The van der Waals surface area contributed by atoms with Crippen molar-refractivity contribution in [3.8, 4) is 11.4 Å². The van der Waals surface area contributed by atoms with Crippen LogP contribution in [-0.2, 0) is 6.18 Å². The third-order valence-corrected chi connectivity index (χ3v) is 5.46. The van der Waals surface area contributed by atoms with Gasteiger partial charge in [0.25, 0.3) is 5.91 Å². The van der Waals surface area contributed by atoms with E-state index in [0.29, 0.717) is 37.3 Å². The topological polar surface area (TPSA) is 62.5 Å². The van der Waals surface area contributed by atoms with Gasteiger partial charge in [0.1, 0.15) is 0 Å². The first-order valence-corrected chi connectivity index (χ1v) is 9.85. The predicted octanol–water partition coefficient (Wildman–Crippen LogP) is 4.33. The molecular weight excluding hydrogens is 409 g/mol. The van der Waals surface area contributed by atoms with Crippen molar-refractivity contribution >= 4 is 11.6 Å². The van der Waals surface area contributed by atoms with E-state index in [1.165, 1.54) is 17.2 Å². The molecule has 0 bridgehead atoms. The van der Waals surface area contributed by atoms with E-state index in [9.17, 15) is 18.0 Å². The summed E-state index contributed by atoms with van der Waals surface area (Å²) in [7, 11) is 0. The minimum absolute atomic E-state index is 0.180. The summed E-state index contributed by atoms with van der Waals surface area (Å²) in [6, 6.07) is 12.6. The van der Waals surface area contributed by atoms with Crippen LogP contribution in [0.25, 0.3) is 11.4 Å². The maximum atomic E-state index is 13.0. The smallest absolute Gasteiger partial charge is 0.368 e. The molecule has 2 aromatic carbocycles. The largest absolute Gasteiger partial charge is 0.471 e. The van der Waals surface area contributed by atoms with Gasteiger partial charge in [0.15, 0.2) is 0 Å². The molecule has 0 atom stereocenters. The number of carbonyl (C=O) groups excluding carboxylic acids is 1. The standard InChI is InChI=1S/C22H21F3N4O2/c1-14-6-7-18(12-15(14)2)28-8-10-29(11-9-28)20(30)17-5-3-4-16(13-17)19-26-21(31-27-19)22(23,24)25/h3-7,12-13H,8-11H2,1-2H3. The molecule has 2 heterocycles. The van der Waals surface area contributed by atoms with Crippen LogP contribution in [0.15, 0.2) is 47.0 Å². The van der Waals surface area contributed by atoms with Crippen molar-refractivity contribution in [1.29, 1.82) is 0 Å². The second-order valence-corrected chi connectivity index (χ2v) is 7.55. The average molecular weight is 430 g/mol. The Morgan fingerprint density at radius 3 is 2.39 bits per heavy atom. The Morgan fingerprint density at radius 2 is 1.74 bits per heavy atom. The Labute approximate surface area is 177 Å². The first-order chi connectivity index (χ1) is 14.7. The molecule has 1 fully saturated rings. The lowest BCUT2D eigenvalue weighted by Gasteiger charge is -2.36. The van der Waals surface area contributed by atoms with Crippen molar-refractivity contribution in [2.75, 3.05) is 31.1 Å². The number of hydrogen-bond acceptors (Lipinski definition) is 5. The molecule has 0 radical (unpaired) electrons. The molecular formula is C22H21F3N4O2. The number of aromatic nitrogens is 2. The molecule has 0 saturated carbocycles. The van der Waals surface area contributed by atoms with Crippen LogP contribution in [0.3, 0.4) is 0 Å². The van der Waals surface area contributed by atoms with Crippen molar-refractivity contribution in [2.24, 2.45) is 0 Å². The van der Waals surface area contributed by atoms with Crippen molar-refractivity contribution in [1.82, 2.24) is 15.0 Å². The SMILES string of the molecule is Cc1ccc(N2CCN(C(=O)c3cccc(-c4noc(C(F)(F)F)n4)c3)CC2)cc1C. The average Bonchev–Trinajstić information content (AvgIpc) is 3.26. The van der Waals surface area contributed by atoms with E-state index >= 15 is 0 Å². The number of halogens is 3. The molecule has 1 aliphatic rings. The summed E-state index contributed by atoms with van der Waals surface area (Å²) in [6.45, 7) is 6.66. The molecule has 4 rings (SSSR count). The van der Waals surface area contributed by atoms with Gasteiger partial charge in [-0.25, -0.2) is 0 Å². The third kappa shape index (κ3) is 4.40. The Hall–Kier alpha value is -3.36. The monoisotopic (exact) mass is 430 g/mol. The lowest BCUT2D eigenvalue weighted by molar-refractivity contribution is -0.159. The predicted molar refractivity (Wildman–Crippen MR) is 109 cm³/mol. The highest BCUT2D eigenvalue weighted by Gasteiger charge is 2.38. The van der Waals surface area contributed by atoms with E-state index in [-0.39, 0.29) is 11.7 Å². The molecule has 6 nitrogen and oxygen atoms in total. The van der Waals surface area contributed by atoms with Crippen LogP contribution < -0.4 is 4.90 Å². The highest BCUT2D eigenvalue weighted by atomic mass is 19.4. The number of nitrogens with zero attached hydrogens (tertiary/aromatic N) is 4. The van der Waals surface area contributed by atoms with Gasteiger partial charge in [0.2, 0.25) is 5.82 Å². The van der Waals surface area contributed by atoms with Gasteiger partial charge in [-0.2, -0.15) is 18.2 Å². The van der Waals surface area contributed by atoms with Gasteiger partial charge >= 0.3 is 12.1 Å². The van der Waals surface area contributed by atoms with Crippen molar-refractivity contribution in [3.05, 3.63) is 65.0 Å². The number of rotatable bonds is 3.